The van der Waals surface area contributed by atoms with Crippen molar-refractivity contribution in [1.82, 2.24) is 30.2 Å². The first-order valence-corrected chi connectivity index (χ1v) is 8.51. The minimum Gasteiger partial charge on any atom is -0.342 e. The van der Waals surface area contributed by atoms with Crippen molar-refractivity contribution in [2.75, 3.05) is 13.1 Å². The highest BCUT2D eigenvalue weighted by Crippen LogP contribution is 2.31. The summed E-state index contributed by atoms with van der Waals surface area (Å²) in [5, 5.41) is 2.61. The number of imidazole rings is 1. The molecule has 8 heteroatoms. The lowest BCUT2D eigenvalue weighted by atomic mass is 10.2. The fourth-order valence-electron chi connectivity index (χ4n) is 3.24. The van der Waals surface area contributed by atoms with Crippen molar-refractivity contribution in [3.05, 3.63) is 54.4 Å². The van der Waals surface area contributed by atoms with E-state index in [1.54, 1.807) is 4.90 Å². The number of benzene rings is 1. The molecular formula is C18H18N6O2. The van der Waals surface area contributed by atoms with Crippen LogP contribution in [-0.4, -0.2) is 49.7 Å². The molecule has 26 heavy (non-hydrogen) atoms. The fourth-order valence-corrected chi connectivity index (χ4v) is 3.24. The summed E-state index contributed by atoms with van der Waals surface area (Å²) in [6, 6.07) is 7.70. The number of amides is 2. The second-order valence-electron chi connectivity index (χ2n) is 6.16. The van der Waals surface area contributed by atoms with E-state index in [1.807, 2.05) is 24.3 Å². The number of carbonyl (C=O) groups is 2. The zero-order chi connectivity index (χ0) is 17.9. The summed E-state index contributed by atoms with van der Waals surface area (Å²) in [5.74, 6) is 0.244. The van der Waals surface area contributed by atoms with Gasteiger partial charge in [0.05, 0.1) is 29.8 Å². The van der Waals surface area contributed by atoms with E-state index in [0.29, 0.717) is 6.54 Å². The van der Waals surface area contributed by atoms with Gasteiger partial charge >= 0.3 is 0 Å². The molecule has 1 fully saturated rings. The van der Waals surface area contributed by atoms with Crippen LogP contribution < -0.4 is 5.32 Å². The Balaban J connectivity index is 1.44. The van der Waals surface area contributed by atoms with Crippen molar-refractivity contribution >= 4 is 22.8 Å². The number of nitrogens with one attached hydrogen (secondary N) is 2. The van der Waals surface area contributed by atoms with Crippen molar-refractivity contribution < 1.29 is 9.59 Å². The van der Waals surface area contributed by atoms with Crippen LogP contribution in [0.3, 0.4) is 0 Å². The van der Waals surface area contributed by atoms with Gasteiger partial charge in [-0.05, 0) is 25.0 Å². The van der Waals surface area contributed by atoms with E-state index in [2.05, 4.69) is 25.3 Å². The molecule has 1 aliphatic rings. The molecule has 1 saturated heterocycles. The summed E-state index contributed by atoms with van der Waals surface area (Å²) in [7, 11) is 0. The zero-order valence-electron chi connectivity index (χ0n) is 14.1. The van der Waals surface area contributed by atoms with E-state index < -0.39 is 5.91 Å². The molecule has 0 radical (unpaired) electrons. The number of para-hydroxylation sites is 2. The van der Waals surface area contributed by atoms with Gasteiger partial charge in [-0.25, -0.2) is 9.97 Å². The van der Waals surface area contributed by atoms with E-state index in [9.17, 15) is 9.59 Å². The highest BCUT2D eigenvalue weighted by molar-refractivity contribution is 5.94. The average Bonchev–Trinajstić information content (AvgIpc) is 3.32. The molecule has 1 atom stereocenters. The highest BCUT2D eigenvalue weighted by Gasteiger charge is 2.32. The van der Waals surface area contributed by atoms with Crippen molar-refractivity contribution in [2.45, 2.75) is 18.9 Å². The van der Waals surface area contributed by atoms with Gasteiger partial charge < -0.3 is 15.2 Å². The van der Waals surface area contributed by atoms with Gasteiger partial charge in [-0.15, -0.1) is 0 Å². The van der Waals surface area contributed by atoms with Crippen molar-refractivity contribution in [2.24, 2.45) is 0 Å². The number of hydrogen-bond acceptors (Lipinski definition) is 5. The van der Waals surface area contributed by atoms with Gasteiger partial charge in [-0.2, -0.15) is 0 Å². The van der Waals surface area contributed by atoms with Gasteiger partial charge in [0.2, 0.25) is 5.91 Å². The Morgan fingerprint density at radius 2 is 2.15 bits per heavy atom. The molecule has 2 amide bonds. The lowest BCUT2D eigenvalue weighted by Gasteiger charge is -2.23. The van der Waals surface area contributed by atoms with E-state index >= 15 is 0 Å². The van der Waals surface area contributed by atoms with Gasteiger partial charge in [0.1, 0.15) is 11.5 Å². The second-order valence-corrected chi connectivity index (χ2v) is 6.16. The number of rotatable bonds is 4. The maximum atomic E-state index is 12.6. The summed E-state index contributed by atoms with van der Waals surface area (Å²) in [4.78, 5) is 42.1. The second kappa shape index (κ2) is 6.91. The first kappa shape index (κ1) is 16.2. The van der Waals surface area contributed by atoms with E-state index in [4.69, 9.17) is 0 Å². The van der Waals surface area contributed by atoms with Gasteiger partial charge in [0, 0.05) is 18.9 Å². The summed E-state index contributed by atoms with van der Waals surface area (Å²) in [5.41, 5.74) is 2.03. The van der Waals surface area contributed by atoms with Gasteiger partial charge in [-0.1, -0.05) is 12.1 Å². The Bertz CT molecular complexity index is 906. The lowest BCUT2D eigenvalue weighted by Crippen LogP contribution is -2.40. The lowest BCUT2D eigenvalue weighted by molar-refractivity contribution is -0.131. The molecule has 1 aliphatic heterocycles. The van der Waals surface area contributed by atoms with E-state index in [-0.39, 0.29) is 24.2 Å². The molecule has 0 spiro atoms. The number of H-pyrrole nitrogens is 1. The maximum absolute atomic E-state index is 12.6. The molecule has 132 valence electrons. The van der Waals surface area contributed by atoms with E-state index in [1.165, 1.54) is 18.6 Å². The first-order valence-electron chi connectivity index (χ1n) is 8.51. The molecule has 3 aromatic rings. The molecule has 4 rings (SSSR count). The predicted molar refractivity (Wildman–Crippen MR) is 94.1 cm³/mol. The average molecular weight is 350 g/mol. The molecule has 8 nitrogen and oxygen atoms in total. The number of fused-ring (bicyclic) bond motifs is 1. The molecule has 1 aromatic carbocycles. The smallest absolute Gasteiger partial charge is 0.271 e. The van der Waals surface area contributed by atoms with Crippen LogP contribution >= 0.6 is 0 Å². The van der Waals surface area contributed by atoms with Crippen LogP contribution in [0.5, 0.6) is 0 Å². The quantitative estimate of drug-likeness (QED) is 0.741. The van der Waals surface area contributed by atoms with Crippen molar-refractivity contribution in [1.29, 1.82) is 0 Å². The number of nitrogens with zero attached hydrogens (tertiary/aromatic N) is 4. The van der Waals surface area contributed by atoms with Crippen LogP contribution in [0.4, 0.5) is 0 Å². The molecule has 0 bridgehead atoms. The third-order valence-corrected chi connectivity index (χ3v) is 4.49. The predicted octanol–water partition coefficient (Wildman–Crippen LogP) is 1.45. The van der Waals surface area contributed by atoms with Crippen LogP contribution in [0.15, 0.2) is 42.9 Å². The number of hydrogen-bond donors (Lipinski definition) is 2. The maximum Gasteiger partial charge on any atom is 0.271 e. The van der Waals surface area contributed by atoms with Crippen LogP contribution in [0, 0.1) is 0 Å². The largest absolute Gasteiger partial charge is 0.342 e. The Morgan fingerprint density at radius 1 is 1.27 bits per heavy atom. The summed E-state index contributed by atoms with van der Waals surface area (Å²) < 4.78 is 0. The number of carbonyl (C=O) groups excluding carboxylic acids is 2. The zero-order valence-corrected chi connectivity index (χ0v) is 14.1. The van der Waals surface area contributed by atoms with Crippen molar-refractivity contribution in [3.63, 3.8) is 0 Å². The third kappa shape index (κ3) is 3.13. The number of likely N-dealkylation sites (tertiary alicyclic amines) is 1. The standard InChI is InChI=1S/C18H18N6O2/c25-16(11-21-18(26)14-10-19-7-8-20-14)24-9-3-6-15(24)17-22-12-4-1-2-5-13(12)23-17/h1-2,4-5,7-8,10,15H,3,6,9,11H2,(H,21,26)(H,22,23). The first-order chi connectivity index (χ1) is 12.7. The third-order valence-electron chi connectivity index (χ3n) is 4.49. The summed E-state index contributed by atoms with van der Waals surface area (Å²) >= 11 is 0. The molecular weight excluding hydrogens is 332 g/mol. The SMILES string of the molecule is O=C(NCC(=O)N1CCCC1c1nc2ccccc2[nH]1)c1cnccn1. The fraction of sp³-hybridized carbons (Fsp3) is 0.278. The Labute approximate surface area is 149 Å². The summed E-state index contributed by atoms with van der Waals surface area (Å²) in [6.07, 6.45) is 6.06. The Hall–Kier alpha value is -3.29. The molecule has 2 aromatic heterocycles. The number of aromatic nitrogens is 4. The normalized spacial score (nSPS) is 16.8. The van der Waals surface area contributed by atoms with Crippen LogP contribution in [-0.2, 0) is 4.79 Å². The molecule has 2 N–H and O–H groups in total. The molecule has 0 saturated carbocycles. The van der Waals surface area contributed by atoms with Crippen molar-refractivity contribution in [3.8, 4) is 0 Å². The minimum absolute atomic E-state index is 0.0772. The summed E-state index contributed by atoms with van der Waals surface area (Å²) in [6.45, 7) is 0.577. The van der Waals surface area contributed by atoms with E-state index in [0.717, 1.165) is 29.7 Å². The monoisotopic (exact) mass is 350 g/mol. The topological polar surface area (TPSA) is 104 Å². The Kier molecular flexibility index (Phi) is 4.30. The van der Waals surface area contributed by atoms with Crippen LogP contribution in [0.2, 0.25) is 0 Å². The van der Waals surface area contributed by atoms with Gasteiger partial charge in [0.15, 0.2) is 0 Å². The van der Waals surface area contributed by atoms with Crippen LogP contribution in [0.25, 0.3) is 11.0 Å². The molecule has 0 aliphatic carbocycles. The van der Waals surface area contributed by atoms with Gasteiger partial charge in [0.25, 0.3) is 5.91 Å². The van der Waals surface area contributed by atoms with Gasteiger partial charge in [-0.3, -0.25) is 14.6 Å². The minimum atomic E-state index is -0.411. The Morgan fingerprint density at radius 3 is 2.96 bits per heavy atom. The molecule has 3 heterocycles. The number of aromatic amines is 1. The molecule has 1 unspecified atom stereocenters. The highest BCUT2D eigenvalue weighted by atomic mass is 16.2. The van der Waals surface area contributed by atoms with Crippen LogP contribution in [0.1, 0.15) is 35.2 Å².